The first-order valence-corrected chi connectivity index (χ1v) is 28.8. The summed E-state index contributed by atoms with van der Waals surface area (Å²) in [6, 6.07) is 79.8. The van der Waals surface area contributed by atoms with E-state index in [1.54, 1.807) is 0 Å². The highest BCUT2D eigenvalue weighted by atomic mass is 32.1. The zero-order valence-electron chi connectivity index (χ0n) is 47.4. The standard InChI is InChI=1S/C75H70N2S/c1-71(2,3)47-28-36-51(37-29-47)76(52-38-30-48(31-39-52)72(4,5)6)64-45-44-59-67-57(64)23-19-26-62(67)75(60-24-16-13-20-55(60)56-21-14-17-25-61(56)75)63-46-65(70-69(68(59)63)58-22-15-18-27-66(58)78-70)77(53-40-32-49(33-41-53)73(7,8)9)54-42-34-50(35-43-54)74(10,11)12/h13-46H,1-12H3. The molecule has 1 spiro atoms. The highest BCUT2D eigenvalue weighted by molar-refractivity contribution is 7.26. The average Bonchev–Trinajstić information content (AvgIpc) is 3.45. The van der Waals surface area contributed by atoms with Gasteiger partial charge in [-0.05, 0) is 161 Å². The molecule has 0 radical (unpaired) electrons. The topological polar surface area (TPSA) is 6.48 Å². The normalized spacial score (nSPS) is 13.7. The molecule has 0 fully saturated rings. The van der Waals surface area contributed by atoms with E-state index in [0.717, 1.165) is 28.4 Å². The Hall–Kier alpha value is -7.72. The molecule has 0 unspecified atom stereocenters. The molecule has 3 heteroatoms. The van der Waals surface area contributed by atoms with E-state index in [0.29, 0.717) is 0 Å². The van der Waals surface area contributed by atoms with Gasteiger partial charge < -0.3 is 9.80 Å². The van der Waals surface area contributed by atoms with Crippen LogP contribution in [-0.2, 0) is 27.1 Å². The first-order chi connectivity index (χ1) is 37.2. The Kier molecular flexibility index (Phi) is 11.3. The number of anilines is 6. The Bertz CT molecular complexity index is 3980. The zero-order valence-corrected chi connectivity index (χ0v) is 48.2. The third-order valence-corrected chi connectivity index (χ3v) is 18.3. The lowest BCUT2D eigenvalue weighted by molar-refractivity contribution is 0.590. The molecule has 386 valence electrons. The summed E-state index contributed by atoms with van der Waals surface area (Å²) in [6.45, 7) is 27.6. The van der Waals surface area contributed by atoms with Gasteiger partial charge in [0, 0.05) is 43.6 Å². The second-order valence-corrected chi connectivity index (χ2v) is 27.2. The lowest BCUT2D eigenvalue weighted by Gasteiger charge is -2.42. The van der Waals surface area contributed by atoms with Gasteiger partial charge in [0.05, 0.1) is 21.5 Å². The third kappa shape index (κ3) is 7.71. The maximum Gasteiger partial charge on any atom is 0.0726 e. The summed E-state index contributed by atoms with van der Waals surface area (Å²) in [7, 11) is 0. The van der Waals surface area contributed by atoms with E-state index in [4.69, 9.17) is 0 Å². The second kappa shape index (κ2) is 17.6. The molecule has 0 N–H and O–H groups in total. The van der Waals surface area contributed by atoms with E-state index in [-0.39, 0.29) is 21.7 Å². The van der Waals surface area contributed by atoms with Gasteiger partial charge in [-0.15, -0.1) is 11.3 Å². The first kappa shape index (κ1) is 49.8. The summed E-state index contributed by atoms with van der Waals surface area (Å²) < 4.78 is 2.56. The maximum absolute atomic E-state index is 2.62. The molecule has 0 amide bonds. The molecular formula is C75H70N2S. The van der Waals surface area contributed by atoms with Gasteiger partial charge in [-0.1, -0.05) is 223 Å². The van der Waals surface area contributed by atoms with Crippen molar-refractivity contribution in [3.63, 3.8) is 0 Å². The fraction of sp³-hybridized carbons (Fsp3) is 0.227. The largest absolute Gasteiger partial charge is 0.310 e. The molecule has 13 rings (SSSR count). The van der Waals surface area contributed by atoms with Crippen LogP contribution in [0.2, 0.25) is 0 Å². The van der Waals surface area contributed by atoms with Crippen molar-refractivity contribution in [1.29, 1.82) is 0 Å². The average molecular weight is 1030 g/mol. The lowest BCUT2D eigenvalue weighted by atomic mass is 9.61. The second-order valence-electron chi connectivity index (χ2n) is 26.2. The van der Waals surface area contributed by atoms with Crippen molar-refractivity contribution in [2.24, 2.45) is 0 Å². The summed E-state index contributed by atoms with van der Waals surface area (Å²) in [5.41, 5.74) is 22.0. The molecule has 10 aromatic carbocycles. The van der Waals surface area contributed by atoms with Gasteiger partial charge in [0.25, 0.3) is 0 Å². The quantitative estimate of drug-likeness (QED) is 0.164. The van der Waals surface area contributed by atoms with Crippen LogP contribution in [0.15, 0.2) is 206 Å². The number of hydrogen-bond donors (Lipinski definition) is 0. The number of rotatable bonds is 6. The Labute approximate surface area is 466 Å². The summed E-state index contributed by atoms with van der Waals surface area (Å²) in [5.74, 6) is 0. The van der Waals surface area contributed by atoms with E-state index in [1.807, 2.05) is 11.3 Å². The summed E-state index contributed by atoms with van der Waals surface area (Å²) in [4.78, 5) is 5.07. The van der Waals surface area contributed by atoms with Crippen LogP contribution in [0.5, 0.6) is 0 Å². The molecule has 0 atom stereocenters. The molecule has 1 aromatic heterocycles. The van der Waals surface area contributed by atoms with E-state index in [2.05, 4.69) is 299 Å². The molecule has 11 aromatic rings. The molecule has 2 aliphatic carbocycles. The van der Waals surface area contributed by atoms with Gasteiger partial charge in [0.2, 0.25) is 0 Å². The van der Waals surface area contributed by atoms with Crippen LogP contribution in [0.25, 0.3) is 53.2 Å². The molecule has 0 aliphatic heterocycles. The molecule has 0 saturated carbocycles. The van der Waals surface area contributed by atoms with Crippen LogP contribution >= 0.6 is 11.3 Å². The van der Waals surface area contributed by atoms with Gasteiger partial charge >= 0.3 is 0 Å². The molecule has 0 saturated heterocycles. The lowest BCUT2D eigenvalue weighted by Crippen LogP contribution is -2.32. The van der Waals surface area contributed by atoms with Crippen LogP contribution < -0.4 is 9.80 Å². The third-order valence-electron chi connectivity index (χ3n) is 17.1. The van der Waals surface area contributed by atoms with E-state index < -0.39 is 5.41 Å². The van der Waals surface area contributed by atoms with Crippen LogP contribution in [0, 0.1) is 0 Å². The predicted octanol–water partition coefficient (Wildman–Crippen LogP) is 21.7. The Morgan fingerprint density at radius 3 is 1.18 bits per heavy atom. The van der Waals surface area contributed by atoms with Crippen molar-refractivity contribution < 1.29 is 0 Å². The predicted molar refractivity (Wildman–Crippen MR) is 337 cm³/mol. The summed E-state index contributed by atoms with van der Waals surface area (Å²) in [5, 5.41) is 5.12. The first-order valence-electron chi connectivity index (χ1n) is 28.0. The minimum absolute atomic E-state index is 0.0109. The molecule has 2 nitrogen and oxygen atoms in total. The zero-order chi connectivity index (χ0) is 54.3. The number of thiophene rings is 1. The summed E-state index contributed by atoms with van der Waals surface area (Å²) in [6.07, 6.45) is 0. The van der Waals surface area contributed by atoms with Gasteiger partial charge in [0.15, 0.2) is 0 Å². The number of benzene rings is 10. The highest BCUT2D eigenvalue weighted by Crippen LogP contribution is 2.65. The van der Waals surface area contributed by atoms with E-state index >= 15 is 0 Å². The van der Waals surface area contributed by atoms with Crippen molar-refractivity contribution in [3.8, 4) is 22.3 Å². The van der Waals surface area contributed by atoms with Crippen LogP contribution in [0.3, 0.4) is 0 Å². The van der Waals surface area contributed by atoms with Crippen LogP contribution in [0.4, 0.5) is 34.1 Å². The fourth-order valence-electron chi connectivity index (χ4n) is 13.0. The number of nitrogens with zero attached hydrogens (tertiary/aromatic N) is 2. The SMILES string of the molecule is CC(C)(C)c1ccc(N(c2ccc(C(C)(C)C)cc2)c2ccc3c4c(cccc24)C2(c4ccccc4-c4ccccc42)c2cc(N(c4ccc(C(C)(C)C)cc4)c4ccc(C(C)(C)C)cc4)c4sc5ccccc5c4c2-3)cc1. The number of hydrogen-bond acceptors (Lipinski definition) is 3. The van der Waals surface area contributed by atoms with Crippen molar-refractivity contribution in [2.75, 3.05) is 9.80 Å². The molecule has 78 heavy (non-hydrogen) atoms. The van der Waals surface area contributed by atoms with Gasteiger partial charge in [0.1, 0.15) is 0 Å². The molecular weight excluding hydrogens is 961 g/mol. The van der Waals surface area contributed by atoms with Crippen molar-refractivity contribution in [3.05, 3.63) is 251 Å². The Morgan fingerprint density at radius 2 is 0.718 bits per heavy atom. The van der Waals surface area contributed by atoms with Gasteiger partial charge in [-0.25, -0.2) is 0 Å². The molecule has 2 aliphatic rings. The van der Waals surface area contributed by atoms with Crippen LogP contribution in [-0.4, -0.2) is 0 Å². The highest BCUT2D eigenvalue weighted by Gasteiger charge is 2.51. The minimum Gasteiger partial charge on any atom is -0.310 e. The maximum atomic E-state index is 2.62. The smallest absolute Gasteiger partial charge is 0.0726 e. The van der Waals surface area contributed by atoms with Gasteiger partial charge in [-0.2, -0.15) is 0 Å². The van der Waals surface area contributed by atoms with Crippen molar-refractivity contribution in [2.45, 2.75) is 110 Å². The molecule has 1 heterocycles. The van der Waals surface area contributed by atoms with Crippen molar-refractivity contribution in [1.82, 2.24) is 0 Å². The van der Waals surface area contributed by atoms with E-state index in [9.17, 15) is 0 Å². The fourth-order valence-corrected chi connectivity index (χ4v) is 14.2. The minimum atomic E-state index is -0.676. The van der Waals surface area contributed by atoms with E-state index in [1.165, 1.54) is 103 Å². The van der Waals surface area contributed by atoms with Crippen LogP contribution in [0.1, 0.15) is 128 Å². The summed E-state index contributed by atoms with van der Waals surface area (Å²) >= 11 is 1.92. The molecule has 0 bridgehead atoms. The van der Waals surface area contributed by atoms with Crippen molar-refractivity contribution >= 4 is 76.4 Å². The van der Waals surface area contributed by atoms with Gasteiger partial charge in [-0.3, -0.25) is 0 Å². The number of fused-ring (bicyclic) bond motifs is 13. The Balaban J connectivity index is 1.17. The monoisotopic (exact) mass is 1030 g/mol. The Morgan fingerprint density at radius 1 is 0.321 bits per heavy atom.